The number of nitrogens with one attached hydrogen (secondary N) is 2. The Balaban J connectivity index is 0.810. The summed E-state index contributed by atoms with van der Waals surface area (Å²) in [5, 5.41) is 23.9. The molecule has 4 atom stereocenters. The number of hydrogen-bond acceptors (Lipinski definition) is 11. The zero-order chi connectivity index (χ0) is 39.9. The first-order valence-corrected chi connectivity index (χ1v) is 19.2. The number of ketones is 1. The lowest BCUT2D eigenvalue weighted by atomic mass is 9.89. The molecular formula is C39H40F4N14O. The molecule has 4 fully saturated rings. The molecule has 300 valence electrons. The number of aryl methyl sites for hydroxylation is 2. The zero-order valence-corrected chi connectivity index (χ0v) is 31.6. The number of Topliss-reactive ketones (excluding diaryl/α,β-unsaturated/α-hetero) is 1. The van der Waals surface area contributed by atoms with Crippen LogP contribution < -0.4 is 10.6 Å². The Hall–Kier alpha value is -5.95. The summed E-state index contributed by atoms with van der Waals surface area (Å²) in [7, 11) is 3.65. The third-order valence-corrected chi connectivity index (χ3v) is 11.8. The van der Waals surface area contributed by atoms with Gasteiger partial charge in [0.15, 0.2) is 5.78 Å². The van der Waals surface area contributed by atoms with Crippen molar-refractivity contribution in [3.8, 4) is 22.3 Å². The molecular weight excluding hydrogens is 757 g/mol. The fourth-order valence-electron chi connectivity index (χ4n) is 8.36. The molecule has 19 heteroatoms. The van der Waals surface area contributed by atoms with Crippen LogP contribution in [-0.4, -0.2) is 115 Å². The van der Waals surface area contributed by atoms with E-state index in [-0.39, 0.29) is 12.1 Å². The Morgan fingerprint density at radius 1 is 0.638 bits per heavy atom. The van der Waals surface area contributed by atoms with Crippen LogP contribution in [0.2, 0.25) is 0 Å². The molecule has 4 unspecified atom stereocenters. The number of carbonyl (C=O) groups excluding carboxylic acids is 1. The van der Waals surface area contributed by atoms with Crippen LogP contribution in [0.5, 0.6) is 0 Å². The predicted molar refractivity (Wildman–Crippen MR) is 204 cm³/mol. The first-order chi connectivity index (χ1) is 27.9. The second kappa shape index (κ2) is 13.6. The maximum atomic E-state index is 14.8. The highest BCUT2D eigenvalue weighted by atomic mass is 19.3. The van der Waals surface area contributed by atoms with Gasteiger partial charge in [0.05, 0.1) is 72.2 Å². The molecule has 0 amide bonds. The number of likely N-dealkylation sites (tertiary alicyclic amines) is 2. The molecule has 2 saturated heterocycles. The Kier molecular flexibility index (Phi) is 8.52. The molecule has 10 rings (SSSR count). The number of pyridine rings is 2. The van der Waals surface area contributed by atoms with Gasteiger partial charge < -0.3 is 10.6 Å². The fourth-order valence-corrected chi connectivity index (χ4v) is 8.36. The molecule has 2 aliphatic heterocycles. The van der Waals surface area contributed by atoms with Crippen LogP contribution in [0.1, 0.15) is 24.9 Å². The maximum Gasteiger partial charge on any atom is 0.253 e. The van der Waals surface area contributed by atoms with E-state index in [0.717, 1.165) is 33.6 Å². The Bertz CT molecular complexity index is 2310. The average Bonchev–Trinajstić information content (AvgIpc) is 3.61. The molecule has 2 aliphatic carbocycles. The molecule has 0 aromatic carbocycles. The van der Waals surface area contributed by atoms with Crippen molar-refractivity contribution in [3.05, 3.63) is 86.2 Å². The van der Waals surface area contributed by atoms with Crippen LogP contribution in [0.15, 0.2) is 86.2 Å². The molecule has 0 radical (unpaired) electrons. The molecule has 2 saturated carbocycles. The number of hydrogen-bond donors (Lipinski definition) is 2. The van der Waals surface area contributed by atoms with Crippen LogP contribution in [0.4, 0.5) is 40.6 Å². The van der Waals surface area contributed by atoms with Crippen molar-refractivity contribution >= 4 is 28.8 Å². The second-order valence-electron chi connectivity index (χ2n) is 16.0. The minimum Gasteiger partial charge on any atom is -0.338 e. The first-order valence-electron chi connectivity index (χ1n) is 19.2. The van der Waals surface area contributed by atoms with Gasteiger partial charge in [0.25, 0.3) is 11.8 Å². The topological polar surface area (TPSA) is 145 Å². The van der Waals surface area contributed by atoms with E-state index in [1.807, 2.05) is 63.1 Å². The van der Waals surface area contributed by atoms with E-state index >= 15 is 0 Å². The SMILES string of the molecule is Cn1cc(Nc2cc(-c3cnn(C4CN(C(C(=O)C(C5CC5(F)F)N5CC(n6cc(-c7ccnc(Nc8cnn(C)c8)c7)cn6)C5)C5CC5(F)F)C4)c3)ccn2)cn1. The van der Waals surface area contributed by atoms with Crippen LogP contribution in [0.25, 0.3) is 22.3 Å². The van der Waals surface area contributed by atoms with Crippen molar-refractivity contribution in [2.45, 2.75) is 48.9 Å². The van der Waals surface area contributed by atoms with Gasteiger partial charge in [-0.1, -0.05) is 0 Å². The van der Waals surface area contributed by atoms with Crippen molar-refractivity contribution in [1.29, 1.82) is 0 Å². The van der Waals surface area contributed by atoms with Crippen LogP contribution in [-0.2, 0) is 18.9 Å². The van der Waals surface area contributed by atoms with Crippen molar-refractivity contribution in [1.82, 2.24) is 58.9 Å². The first kappa shape index (κ1) is 36.4. The summed E-state index contributed by atoms with van der Waals surface area (Å²) in [6, 6.07) is 4.85. The molecule has 0 spiro atoms. The maximum absolute atomic E-state index is 14.8. The van der Waals surface area contributed by atoms with Crippen molar-refractivity contribution in [2.75, 3.05) is 36.8 Å². The van der Waals surface area contributed by atoms with Gasteiger partial charge in [-0.15, -0.1) is 0 Å². The molecule has 0 bridgehead atoms. The van der Waals surface area contributed by atoms with Gasteiger partial charge in [-0.3, -0.25) is 33.3 Å². The zero-order valence-electron chi connectivity index (χ0n) is 31.6. The number of halogens is 4. The van der Waals surface area contributed by atoms with E-state index in [1.54, 1.807) is 65.7 Å². The van der Waals surface area contributed by atoms with Crippen molar-refractivity contribution < 1.29 is 22.4 Å². The summed E-state index contributed by atoms with van der Waals surface area (Å²) in [6.07, 6.45) is 16.8. The van der Waals surface area contributed by atoms with Gasteiger partial charge in [-0.05, 0) is 35.4 Å². The average molecular weight is 797 g/mol. The summed E-state index contributed by atoms with van der Waals surface area (Å²) in [5.41, 5.74) is 5.02. The number of aromatic nitrogens is 10. The molecule has 15 nitrogen and oxygen atoms in total. The lowest BCUT2D eigenvalue weighted by Gasteiger charge is -2.48. The summed E-state index contributed by atoms with van der Waals surface area (Å²) in [6.45, 7) is 1.20. The number of carbonyl (C=O) groups is 1. The highest BCUT2D eigenvalue weighted by molar-refractivity contribution is 5.91. The van der Waals surface area contributed by atoms with Gasteiger partial charge in [-0.2, -0.15) is 20.4 Å². The third kappa shape index (κ3) is 6.91. The van der Waals surface area contributed by atoms with E-state index in [4.69, 9.17) is 0 Å². The molecule has 6 aromatic heterocycles. The predicted octanol–water partition coefficient (Wildman–Crippen LogP) is 5.19. The normalized spacial score (nSPS) is 22.5. The van der Waals surface area contributed by atoms with Gasteiger partial charge >= 0.3 is 0 Å². The number of nitrogens with zero attached hydrogens (tertiary/aromatic N) is 12. The van der Waals surface area contributed by atoms with Gasteiger partial charge in [0, 0.05) is 101 Å². The summed E-state index contributed by atoms with van der Waals surface area (Å²) >= 11 is 0. The number of alkyl halides is 4. The van der Waals surface area contributed by atoms with Crippen LogP contribution in [0.3, 0.4) is 0 Å². The quantitative estimate of drug-likeness (QED) is 0.141. The number of anilines is 4. The van der Waals surface area contributed by atoms with Gasteiger partial charge in [0.2, 0.25) is 0 Å². The molecule has 2 N–H and O–H groups in total. The number of rotatable bonds is 14. The lowest BCUT2D eigenvalue weighted by Crippen LogP contribution is -2.64. The molecule has 58 heavy (non-hydrogen) atoms. The molecule has 8 heterocycles. The highest BCUT2D eigenvalue weighted by Crippen LogP contribution is 2.57. The summed E-state index contributed by atoms with van der Waals surface area (Å²) in [5.74, 6) is -7.74. The van der Waals surface area contributed by atoms with E-state index in [0.29, 0.717) is 37.8 Å². The van der Waals surface area contributed by atoms with E-state index < -0.39 is 54.4 Å². The highest BCUT2D eigenvalue weighted by Gasteiger charge is 2.69. The minimum absolute atomic E-state index is 0.169. The third-order valence-electron chi connectivity index (χ3n) is 11.8. The minimum atomic E-state index is -3.02. The van der Waals surface area contributed by atoms with Crippen molar-refractivity contribution in [2.24, 2.45) is 25.9 Å². The smallest absolute Gasteiger partial charge is 0.253 e. The Labute approximate surface area is 329 Å². The van der Waals surface area contributed by atoms with Crippen LogP contribution in [0, 0.1) is 11.8 Å². The fraction of sp³-hybridized carbons (Fsp3) is 0.410. The molecule has 6 aromatic rings. The van der Waals surface area contributed by atoms with Crippen molar-refractivity contribution in [3.63, 3.8) is 0 Å². The van der Waals surface area contributed by atoms with Gasteiger partial charge in [0.1, 0.15) is 11.6 Å². The Morgan fingerprint density at radius 3 is 1.41 bits per heavy atom. The summed E-state index contributed by atoms with van der Waals surface area (Å²) in [4.78, 5) is 26.7. The standard InChI is InChI=1S/C39H40F4N14O/c1-52-17-27(13-46-52)50-33-7-23(3-5-44-33)25-11-48-56(15-25)29-19-54(20-29)35(31-9-38(31,40)41)37(58)36(32-10-39(32,42)43)55-21-30(22-55)57-16-26(12-49-57)24-4-6-45-34(8-24)51-28-14-47-53(2)18-28/h3-8,11-18,29-32,35-36H,9-10,19-22H2,1-2H3,(H,44,50)(H,45,51). The largest absolute Gasteiger partial charge is 0.338 e. The lowest BCUT2D eigenvalue weighted by molar-refractivity contribution is -0.140. The van der Waals surface area contributed by atoms with Gasteiger partial charge in [-0.25, -0.2) is 27.5 Å². The van der Waals surface area contributed by atoms with E-state index in [9.17, 15) is 22.4 Å². The van der Waals surface area contributed by atoms with E-state index in [2.05, 4.69) is 41.0 Å². The van der Waals surface area contributed by atoms with Crippen LogP contribution >= 0.6 is 0 Å². The second-order valence-corrected chi connectivity index (χ2v) is 16.0. The van der Waals surface area contributed by atoms with E-state index in [1.165, 1.54) is 0 Å². The molecule has 4 aliphatic rings. The summed E-state index contributed by atoms with van der Waals surface area (Å²) < 4.78 is 66.1. The Morgan fingerprint density at radius 2 is 1.05 bits per heavy atom. The monoisotopic (exact) mass is 796 g/mol.